The number of rotatable bonds is 0. The predicted octanol–water partition coefficient (Wildman–Crippen LogP) is -3.44. The van der Waals surface area contributed by atoms with E-state index in [1.807, 2.05) is 0 Å². The molecule has 11 heavy (non-hydrogen) atoms. The molecule has 0 amide bonds. The minimum atomic E-state index is -0.300. The van der Waals surface area contributed by atoms with E-state index in [1.165, 1.54) is 0 Å². The number of carbonyl (C=O) groups is 2. The van der Waals surface area contributed by atoms with E-state index in [0.29, 0.717) is 25.5 Å². The summed E-state index contributed by atoms with van der Waals surface area (Å²) in [6.07, 6.45) is 1.65. The summed E-state index contributed by atoms with van der Waals surface area (Å²) >= 11 is 0. The van der Waals surface area contributed by atoms with Crippen molar-refractivity contribution in [3.05, 3.63) is 11.8 Å². The Morgan fingerprint density at radius 1 is 1.18 bits per heavy atom. The van der Waals surface area contributed by atoms with Crippen LogP contribution in [0, 0.1) is 0 Å². The van der Waals surface area contributed by atoms with Crippen molar-refractivity contribution in [2.45, 2.75) is 19.3 Å². The molecule has 1 fully saturated rings. The van der Waals surface area contributed by atoms with Crippen LogP contribution in [0.5, 0.6) is 0 Å². The van der Waals surface area contributed by atoms with Crippen LogP contribution in [-0.4, -0.2) is 11.6 Å². The molecule has 0 aliphatic heterocycles. The Morgan fingerprint density at radius 2 is 1.64 bits per heavy atom. The van der Waals surface area contributed by atoms with Crippen molar-refractivity contribution in [3.63, 3.8) is 0 Å². The molecule has 1 aliphatic rings. The fraction of sp³-hybridized carbons (Fsp3) is 0.429. The van der Waals surface area contributed by atoms with Crippen molar-refractivity contribution >= 4 is 11.6 Å². The van der Waals surface area contributed by atoms with Crippen molar-refractivity contribution in [1.82, 2.24) is 0 Å². The molecule has 0 saturated heterocycles. The number of hydrogen-bond donors (Lipinski definition) is 0. The second-order valence-electron chi connectivity index (χ2n) is 2.23. The second-order valence-corrected chi connectivity index (χ2v) is 2.23. The first-order valence-electron chi connectivity index (χ1n) is 3.14. The first-order chi connectivity index (χ1) is 4.75. The first-order valence-corrected chi connectivity index (χ1v) is 3.14. The molecule has 1 saturated carbocycles. The van der Waals surface area contributed by atoms with Crippen LogP contribution in [0.1, 0.15) is 19.3 Å². The van der Waals surface area contributed by atoms with E-state index in [2.05, 4.69) is 0 Å². The maximum absolute atomic E-state index is 10.7. The predicted molar refractivity (Wildman–Crippen MR) is 31.9 cm³/mol. The molecule has 4 heteroatoms. The van der Waals surface area contributed by atoms with Gasteiger partial charge in [0.15, 0.2) is 11.6 Å². The zero-order valence-electron chi connectivity index (χ0n) is 6.42. The molecule has 0 aromatic carbocycles. The van der Waals surface area contributed by atoms with E-state index in [9.17, 15) is 14.7 Å². The zero-order valence-corrected chi connectivity index (χ0v) is 8.42. The van der Waals surface area contributed by atoms with Gasteiger partial charge in [-0.1, -0.05) is 0 Å². The molecule has 3 nitrogen and oxygen atoms in total. The van der Waals surface area contributed by atoms with Gasteiger partial charge in [0.1, 0.15) is 0 Å². The fourth-order valence-corrected chi connectivity index (χ4v) is 0.966. The van der Waals surface area contributed by atoms with Gasteiger partial charge in [-0.15, -0.1) is 6.26 Å². The minimum Gasteiger partial charge on any atom is -0.877 e. The maximum Gasteiger partial charge on any atom is 1.00 e. The molecule has 0 atom stereocenters. The molecule has 0 aromatic heterocycles. The Morgan fingerprint density at radius 3 is 1.91 bits per heavy atom. The van der Waals surface area contributed by atoms with Crippen molar-refractivity contribution < 1.29 is 44.3 Å². The third-order valence-corrected chi connectivity index (χ3v) is 1.53. The van der Waals surface area contributed by atoms with Gasteiger partial charge in [0.25, 0.3) is 0 Å². The van der Waals surface area contributed by atoms with E-state index in [0.717, 1.165) is 0 Å². The van der Waals surface area contributed by atoms with Gasteiger partial charge in [-0.05, 0) is 6.42 Å². The van der Waals surface area contributed by atoms with E-state index in [1.54, 1.807) is 0 Å². The summed E-state index contributed by atoms with van der Waals surface area (Å²) in [7, 11) is 0. The summed E-state index contributed by atoms with van der Waals surface area (Å²) in [5.74, 6) is -0.600. The van der Waals surface area contributed by atoms with Gasteiger partial charge < -0.3 is 5.11 Å². The van der Waals surface area contributed by atoms with Gasteiger partial charge in [-0.3, -0.25) is 9.59 Å². The smallest absolute Gasteiger partial charge is 0.877 e. The van der Waals surface area contributed by atoms with Crippen LogP contribution in [0.2, 0.25) is 0 Å². The molecule has 1 aliphatic carbocycles. The summed E-state index contributed by atoms with van der Waals surface area (Å²) in [5, 5.41) is 10.1. The van der Waals surface area contributed by atoms with Crippen LogP contribution >= 0.6 is 0 Å². The summed E-state index contributed by atoms with van der Waals surface area (Å²) in [6, 6.07) is 0. The quantitative estimate of drug-likeness (QED) is 0.161. The molecule has 0 aromatic rings. The van der Waals surface area contributed by atoms with Crippen LogP contribution in [0.4, 0.5) is 0 Å². The molecule has 0 heterocycles. The SMILES string of the molecule is O=C1CCCC(=O)C1=C[O-].[Na+]. The molecule has 0 N–H and O–H groups in total. The maximum atomic E-state index is 10.7. The number of carbonyl (C=O) groups excluding carboxylic acids is 2. The normalized spacial score (nSPS) is 17.6. The van der Waals surface area contributed by atoms with E-state index in [4.69, 9.17) is 0 Å². The van der Waals surface area contributed by atoms with E-state index in [-0.39, 0.29) is 46.7 Å². The van der Waals surface area contributed by atoms with Crippen LogP contribution in [0.15, 0.2) is 11.8 Å². The summed E-state index contributed by atoms with van der Waals surface area (Å²) in [5.41, 5.74) is -0.147. The average molecular weight is 162 g/mol. The van der Waals surface area contributed by atoms with Gasteiger partial charge in [0, 0.05) is 18.4 Å². The molecule has 0 spiro atoms. The number of hydrogen-bond acceptors (Lipinski definition) is 3. The molecule has 0 radical (unpaired) electrons. The van der Waals surface area contributed by atoms with Crippen molar-refractivity contribution in [3.8, 4) is 0 Å². The molecular formula is C7H7NaO3. The summed E-state index contributed by atoms with van der Waals surface area (Å²) in [4.78, 5) is 21.5. The Hall–Kier alpha value is -0.120. The molecule has 54 valence electrons. The van der Waals surface area contributed by atoms with Crippen LogP contribution in [-0.2, 0) is 9.59 Å². The standard InChI is InChI=1S/C7H8O3.Na/c8-4-5-6(9)2-1-3-7(5)10;/h4,8H,1-3H2;/q;+1/p-1. The molecule has 0 unspecified atom stereocenters. The van der Waals surface area contributed by atoms with Crippen molar-refractivity contribution in [2.75, 3.05) is 0 Å². The monoisotopic (exact) mass is 162 g/mol. The number of Topliss-reactive ketones (excluding diaryl/α,β-unsaturated/α-hetero) is 2. The van der Waals surface area contributed by atoms with Crippen LogP contribution in [0.3, 0.4) is 0 Å². The van der Waals surface area contributed by atoms with Crippen molar-refractivity contribution in [1.29, 1.82) is 0 Å². The third kappa shape index (κ3) is 2.43. The number of ketones is 2. The largest absolute Gasteiger partial charge is 1.00 e. The third-order valence-electron chi connectivity index (χ3n) is 1.53. The Bertz CT molecular complexity index is 190. The Labute approximate surface area is 86.8 Å². The van der Waals surface area contributed by atoms with Gasteiger partial charge in [0.05, 0.1) is 0 Å². The summed E-state index contributed by atoms with van der Waals surface area (Å²) < 4.78 is 0. The molecule has 0 bridgehead atoms. The van der Waals surface area contributed by atoms with E-state index < -0.39 is 0 Å². The minimum absolute atomic E-state index is 0. The van der Waals surface area contributed by atoms with Gasteiger partial charge in [-0.2, -0.15) is 0 Å². The molecular weight excluding hydrogens is 155 g/mol. The van der Waals surface area contributed by atoms with Gasteiger partial charge in [0.2, 0.25) is 0 Å². The molecule has 1 rings (SSSR count). The fourth-order valence-electron chi connectivity index (χ4n) is 0.966. The van der Waals surface area contributed by atoms with E-state index >= 15 is 0 Å². The van der Waals surface area contributed by atoms with Gasteiger partial charge in [-0.25, -0.2) is 0 Å². The first kappa shape index (κ1) is 10.9. The topological polar surface area (TPSA) is 57.2 Å². The van der Waals surface area contributed by atoms with Crippen molar-refractivity contribution in [2.24, 2.45) is 0 Å². The Kier molecular flexibility index (Phi) is 4.65. The second kappa shape index (κ2) is 4.70. The van der Waals surface area contributed by atoms with Crippen LogP contribution < -0.4 is 34.7 Å². The average Bonchev–Trinajstić information content (AvgIpc) is 1.88. The number of allylic oxidation sites excluding steroid dienone is 1. The van der Waals surface area contributed by atoms with Gasteiger partial charge >= 0.3 is 29.6 Å². The Balaban J connectivity index is 0.000001000. The zero-order chi connectivity index (χ0) is 7.56. The summed E-state index contributed by atoms with van der Waals surface area (Å²) in [6.45, 7) is 0. The van der Waals surface area contributed by atoms with Crippen LogP contribution in [0.25, 0.3) is 0 Å².